The zero-order valence-corrected chi connectivity index (χ0v) is 18.2. The maximum Gasteiger partial charge on any atom is 0.314 e. The highest BCUT2D eigenvalue weighted by atomic mass is 19.3. The Morgan fingerprint density at radius 2 is 1.65 bits per heavy atom. The maximum absolute atomic E-state index is 13.4. The first kappa shape index (κ1) is 20.9. The van der Waals surface area contributed by atoms with Gasteiger partial charge in [0.2, 0.25) is 5.89 Å². The van der Waals surface area contributed by atoms with E-state index in [4.69, 9.17) is 4.42 Å². The van der Waals surface area contributed by atoms with Crippen LogP contribution in [-0.4, -0.2) is 48.9 Å². The van der Waals surface area contributed by atoms with Gasteiger partial charge in [0.25, 0.3) is 17.7 Å². The van der Waals surface area contributed by atoms with Crippen molar-refractivity contribution in [2.24, 2.45) is 0 Å². The van der Waals surface area contributed by atoms with Gasteiger partial charge in [0.05, 0.1) is 35.4 Å². The van der Waals surface area contributed by atoms with Gasteiger partial charge in [-0.15, -0.1) is 10.2 Å². The number of amides is 2. The van der Waals surface area contributed by atoms with E-state index in [1.807, 2.05) is 29.2 Å². The number of carbonyl (C=O) groups is 2. The molecule has 3 aromatic rings. The molecule has 1 saturated carbocycles. The van der Waals surface area contributed by atoms with Crippen LogP contribution in [0.15, 0.2) is 40.9 Å². The minimum absolute atomic E-state index is 0.0169. The molecule has 3 aliphatic rings. The third-order valence-corrected chi connectivity index (χ3v) is 7.00. The summed E-state index contributed by atoms with van der Waals surface area (Å²) in [6.07, 6.45) is 2.20. The monoisotopic (exact) mass is 465 g/mol. The average molecular weight is 465 g/mol. The Morgan fingerprint density at radius 1 is 0.941 bits per heavy atom. The molecule has 34 heavy (non-hydrogen) atoms. The van der Waals surface area contributed by atoms with Crippen LogP contribution >= 0.6 is 0 Å². The van der Waals surface area contributed by atoms with Crippen LogP contribution in [0.4, 0.5) is 8.78 Å². The van der Waals surface area contributed by atoms with Gasteiger partial charge in [-0.1, -0.05) is 31.0 Å². The summed E-state index contributed by atoms with van der Waals surface area (Å²) in [5.74, 6) is -1.04. The lowest BCUT2D eigenvalue weighted by Gasteiger charge is -2.42. The average Bonchev–Trinajstić information content (AvgIpc) is 3.56. The topological polar surface area (TPSA) is 92.4 Å². The molecule has 2 amide bonds. The zero-order valence-electron chi connectivity index (χ0n) is 18.2. The van der Waals surface area contributed by atoms with Crippen molar-refractivity contribution in [3.05, 3.63) is 64.8 Å². The molecule has 2 aromatic heterocycles. The van der Waals surface area contributed by atoms with Gasteiger partial charge < -0.3 is 14.2 Å². The van der Waals surface area contributed by atoms with Crippen molar-refractivity contribution in [2.45, 2.75) is 57.3 Å². The molecule has 8 nitrogen and oxygen atoms in total. The fraction of sp³-hybridized carbons (Fsp3) is 0.375. The van der Waals surface area contributed by atoms with E-state index >= 15 is 0 Å². The second-order valence-corrected chi connectivity index (χ2v) is 8.91. The van der Waals surface area contributed by atoms with Crippen LogP contribution in [0.1, 0.15) is 70.0 Å². The third-order valence-electron chi connectivity index (χ3n) is 7.00. The van der Waals surface area contributed by atoms with Gasteiger partial charge in [0.15, 0.2) is 0 Å². The molecule has 0 spiro atoms. The van der Waals surface area contributed by atoms with Crippen molar-refractivity contribution >= 4 is 11.8 Å². The van der Waals surface area contributed by atoms with Gasteiger partial charge in [-0.2, -0.15) is 8.78 Å². The Morgan fingerprint density at radius 3 is 2.35 bits per heavy atom. The van der Waals surface area contributed by atoms with Crippen LogP contribution in [0.3, 0.4) is 0 Å². The van der Waals surface area contributed by atoms with E-state index in [-0.39, 0.29) is 29.8 Å². The highest BCUT2D eigenvalue weighted by Crippen LogP contribution is 2.37. The summed E-state index contributed by atoms with van der Waals surface area (Å²) in [5.41, 5.74) is 3.08. The second kappa shape index (κ2) is 7.96. The molecule has 10 heteroatoms. The Balaban J connectivity index is 1.27. The molecule has 174 valence electrons. The summed E-state index contributed by atoms with van der Waals surface area (Å²) in [5, 5.41) is 7.00. The zero-order chi connectivity index (χ0) is 23.4. The van der Waals surface area contributed by atoms with E-state index in [9.17, 15) is 18.4 Å². The smallest absolute Gasteiger partial charge is 0.314 e. The molecule has 0 N–H and O–H groups in total. The van der Waals surface area contributed by atoms with Crippen molar-refractivity contribution < 1.29 is 22.8 Å². The van der Waals surface area contributed by atoms with Crippen molar-refractivity contribution in [1.82, 2.24) is 25.0 Å². The van der Waals surface area contributed by atoms with E-state index in [2.05, 4.69) is 15.2 Å². The number of hydrogen-bond donors (Lipinski definition) is 0. The third kappa shape index (κ3) is 3.27. The summed E-state index contributed by atoms with van der Waals surface area (Å²) in [6.45, 7) is 0.897. The molecular weight excluding hydrogens is 444 g/mol. The lowest BCUT2D eigenvalue weighted by atomic mass is 9.88. The summed E-state index contributed by atoms with van der Waals surface area (Å²) in [7, 11) is 0. The van der Waals surface area contributed by atoms with Crippen molar-refractivity contribution in [2.75, 3.05) is 0 Å². The Kier molecular flexibility index (Phi) is 4.89. The fourth-order valence-electron chi connectivity index (χ4n) is 5.38. The van der Waals surface area contributed by atoms with Gasteiger partial charge in [-0.05, 0) is 30.5 Å². The molecule has 0 radical (unpaired) electrons. The Hall–Kier alpha value is -3.69. The molecule has 2 atom stereocenters. The summed E-state index contributed by atoms with van der Waals surface area (Å²) in [6, 6.07) is 9.02. The normalized spacial score (nSPS) is 22.0. The molecule has 4 heterocycles. The number of benzene rings is 1. The minimum Gasteiger partial charge on any atom is -0.415 e. The number of carbonyl (C=O) groups excluding carboxylic acids is 2. The maximum atomic E-state index is 13.4. The fourth-order valence-corrected chi connectivity index (χ4v) is 5.38. The van der Waals surface area contributed by atoms with Crippen molar-refractivity contribution in [1.29, 1.82) is 0 Å². The van der Waals surface area contributed by atoms with E-state index in [1.165, 1.54) is 6.20 Å². The van der Waals surface area contributed by atoms with Gasteiger partial charge in [-0.3, -0.25) is 14.6 Å². The van der Waals surface area contributed by atoms with Crippen LogP contribution in [0, 0.1) is 0 Å². The summed E-state index contributed by atoms with van der Waals surface area (Å²) in [4.78, 5) is 34.7. The largest absolute Gasteiger partial charge is 0.415 e. The number of nitrogens with zero attached hydrogens (tertiary/aromatic N) is 5. The molecule has 1 fully saturated rings. The molecule has 0 unspecified atom stereocenters. The van der Waals surface area contributed by atoms with Gasteiger partial charge in [0.1, 0.15) is 0 Å². The van der Waals surface area contributed by atoms with Crippen molar-refractivity contribution in [3.63, 3.8) is 0 Å². The van der Waals surface area contributed by atoms with Crippen LogP contribution < -0.4 is 0 Å². The number of alkyl halides is 2. The number of rotatable bonds is 4. The molecule has 6 rings (SSSR count). The Bertz CT molecular complexity index is 1290. The number of aromatic nitrogens is 3. The van der Waals surface area contributed by atoms with Gasteiger partial charge >= 0.3 is 6.43 Å². The molecule has 1 aromatic carbocycles. The molecule has 1 aliphatic carbocycles. The highest BCUT2D eigenvalue weighted by Gasteiger charge is 2.44. The molecule has 0 bridgehead atoms. The predicted octanol–water partition coefficient (Wildman–Crippen LogP) is 3.99. The van der Waals surface area contributed by atoms with E-state index in [0.29, 0.717) is 29.9 Å². The second-order valence-electron chi connectivity index (χ2n) is 8.91. The van der Waals surface area contributed by atoms with Crippen LogP contribution in [-0.2, 0) is 13.1 Å². The number of hydrogen-bond acceptors (Lipinski definition) is 6. The van der Waals surface area contributed by atoms with Gasteiger partial charge in [0, 0.05) is 18.3 Å². The minimum atomic E-state index is -2.87. The summed E-state index contributed by atoms with van der Waals surface area (Å²) < 4.78 is 30.6. The van der Waals surface area contributed by atoms with E-state index in [1.54, 1.807) is 11.0 Å². The number of halogens is 2. The highest BCUT2D eigenvalue weighted by molar-refractivity contribution is 6.00. The van der Waals surface area contributed by atoms with Crippen LogP contribution in [0.25, 0.3) is 11.5 Å². The van der Waals surface area contributed by atoms with Crippen LogP contribution in [0.2, 0.25) is 0 Å². The van der Waals surface area contributed by atoms with Crippen LogP contribution in [0.5, 0.6) is 0 Å². The standard InChI is InChI=1S/C24H21F2N5O3/c25-20(26)22-29-28-21(34-22)14-9-16-17(27-10-14)12-31(24(16)33)19-8-4-3-7-18(19)30-11-13-5-1-2-6-15(13)23(30)32/h1-2,5-6,9-10,18-20H,3-4,7-8,11-12H2/t18-,19-/m1/s1. The number of pyridine rings is 1. The first-order valence-corrected chi connectivity index (χ1v) is 11.3. The van der Waals surface area contributed by atoms with Crippen molar-refractivity contribution in [3.8, 4) is 11.5 Å². The SMILES string of the molecule is O=C1c2ccccc2CN1[C@@H]1CCCC[C@H]1N1Cc2ncc(-c3nnc(C(F)F)o3)cc2C1=O. The summed E-state index contributed by atoms with van der Waals surface area (Å²) >= 11 is 0. The number of fused-ring (bicyclic) bond motifs is 2. The molecular formula is C24H21F2N5O3. The Labute approximate surface area is 193 Å². The molecule has 2 aliphatic heterocycles. The van der Waals surface area contributed by atoms with Gasteiger partial charge in [-0.25, -0.2) is 0 Å². The molecule has 0 saturated heterocycles. The van der Waals surface area contributed by atoms with E-state index < -0.39 is 12.3 Å². The quantitative estimate of drug-likeness (QED) is 0.579. The lowest BCUT2D eigenvalue weighted by Crippen LogP contribution is -2.53. The lowest BCUT2D eigenvalue weighted by molar-refractivity contribution is 0.0322. The first-order valence-electron chi connectivity index (χ1n) is 11.3. The first-order chi connectivity index (χ1) is 16.5. The predicted molar refractivity (Wildman–Crippen MR) is 115 cm³/mol. The van der Waals surface area contributed by atoms with E-state index in [0.717, 1.165) is 36.8 Å².